The van der Waals surface area contributed by atoms with Crippen molar-refractivity contribution in [3.8, 4) is 0 Å². The van der Waals surface area contributed by atoms with E-state index in [0.29, 0.717) is 12.8 Å². The molecule has 0 spiro atoms. The van der Waals surface area contributed by atoms with Crippen LogP contribution in [0.5, 0.6) is 0 Å². The van der Waals surface area contributed by atoms with E-state index >= 15 is 0 Å². The van der Waals surface area contributed by atoms with Gasteiger partial charge >= 0.3 is 11.9 Å². The molecule has 0 radical (unpaired) electrons. The molecule has 5 heteroatoms. The fraction of sp³-hybridized carbons (Fsp3) is 0.800. The first-order valence-electron chi connectivity index (χ1n) is 19.1. The van der Waals surface area contributed by atoms with Gasteiger partial charge in [0.2, 0.25) is 0 Å². The smallest absolute Gasteiger partial charge is 0.306 e. The van der Waals surface area contributed by atoms with Crippen LogP contribution in [0.1, 0.15) is 187 Å². The Morgan fingerprint density at radius 2 is 0.956 bits per heavy atom. The second kappa shape index (κ2) is 36.6. The van der Waals surface area contributed by atoms with Gasteiger partial charge < -0.3 is 14.6 Å². The summed E-state index contributed by atoms with van der Waals surface area (Å²) < 4.78 is 10.6. The van der Waals surface area contributed by atoms with Gasteiger partial charge in [-0.05, 0) is 32.1 Å². The number of unbranched alkanes of at least 4 members (excludes halogenated alkanes) is 22. The molecular weight excluding hydrogens is 560 g/mol. The molecule has 262 valence electrons. The zero-order chi connectivity index (χ0) is 32.9. The second-order valence-electron chi connectivity index (χ2n) is 12.7. The summed E-state index contributed by atoms with van der Waals surface area (Å²) in [5, 5.41) is 9.53. The quantitative estimate of drug-likeness (QED) is 0.0434. The van der Waals surface area contributed by atoms with E-state index in [9.17, 15) is 14.7 Å². The molecule has 0 saturated heterocycles. The van der Waals surface area contributed by atoms with Crippen molar-refractivity contribution in [3.05, 3.63) is 36.5 Å². The Morgan fingerprint density at radius 3 is 1.42 bits per heavy atom. The fourth-order valence-electron chi connectivity index (χ4n) is 5.38. The average molecular weight is 633 g/mol. The van der Waals surface area contributed by atoms with Gasteiger partial charge in [-0.2, -0.15) is 0 Å². The van der Waals surface area contributed by atoms with E-state index in [4.69, 9.17) is 9.47 Å². The van der Waals surface area contributed by atoms with E-state index < -0.39 is 6.10 Å². The summed E-state index contributed by atoms with van der Waals surface area (Å²) in [5.74, 6) is -0.611. The first kappa shape index (κ1) is 43.1. The van der Waals surface area contributed by atoms with Crippen LogP contribution in [0.25, 0.3) is 0 Å². The summed E-state index contributed by atoms with van der Waals surface area (Å²) >= 11 is 0. The largest absolute Gasteiger partial charge is 0.462 e. The van der Waals surface area contributed by atoms with Crippen LogP contribution in [-0.4, -0.2) is 36.4 Å². The maximum atomic E-state index is 12.2. The summed E-state index contributed by atoms with van der Waals surface area (Å²) in [6.07, 6.45) is 43.5. The van der Waals surface area contributed by atoms with Crippen molar-refractivity contribution in [2.45, 2.75) is 193 Å². The molecule has 0 amide bonds. The van der Waals surface area contributed by atoms with Gasteiger partial charge in [0, 0.05) is 12.8 Å². The summed E-state index contributed by atoms with van der Waals surface area (Å²) in [5.41, 5.74) is 0. The van der Waals surface area contributed by atoms with Gasteiger partial charge in [-0.25, -0.2) is 0 Å². The third-order valence-corrected chi connectivity index (χ3v) is 8.26. The third-order valence-electron chi connectivity index (χ3n) is 8.26. The molecule has 45 heavy (non-hydrogen) atoms. The highest BCUT2D eigenvalue weighted by Crippen LogP contribution is 2.15. The Kier molecular flexibility index (Phi) is 35.1. The highest BCUT2D eigenvalue weighted by atomic mass is 16.6. The lowest BCUT2D eigenvalue weighted by Crippen LogP contribution is -2.28. The topological polar surface area (TPSA) is 72.8 Å². The van der Waals surface area contributed by atoms with E-state index in [0.717, 1.165) is 64.2 Å². The normalized spacial score (nSPS) is 12.5. The van der Waals surface area contributed by atoms with Gasteiger partial charge in [-0.1, -0.05) is 179 Å². The minimum Gasteiger partial charge on any atom is -0.462 e. The third kappa shape index (κ3) is 34.8. The Labute approximate surface area is 278 Å². The average Bonchev–Trinajstić information content (AvgIpc) is 3.04. The zero-order valence-electron chi connectivity index (χ0n) is 29.6. The molecule has 0 aromatic carbocycles. The van der Waals surface area contributed by atoms with Crippen molar-refractivity contribution >= 4 is 11.9 Å². The molecule has 1 unspecified atom stereocenters. The van der Waals surface area contributed by atoms with Crippen LogP contribution in [-0.2, 0) is 19.1 Å². The van der Waals surface area contributed by atoms with Crippen molar-refractivity contribution < 1.29 is 24.2 Å². The maximum Gasteiger partial charge on any atom is 0.306 e. The first-order chi connectivity index (χ1) is 22.1. The Morgan fingerprint density at radius 1 is 0.533 bits per heavy atom. The molecule has 1 N–H and O–H groups in total. The second-order valence-corrected chi connectivity index (χ2v) is 12.7. The minimum atomic E-state index is -0.775. The predicted octanol–water partition coefficient (Wildman–Crippen LogP) is 11.7. The predicted molar refractivity (Wildman–Crippen MR) is 191 cm³/mol. The molecule has 5 nitrogen and oxygen atoms in total. The summed E-state index contributed by atoms with van der Waals surface area (Å²) in [4.78, 5) is 24.2. The Balaban J connectivity index is 3.54. The van der Waals surface area contributed by atoms with E-state index in [-0.39, 0.29) is 25.2 Å². The van der Waals surface area contributed by atoms with Gasteiger partial charge in [-0.15, -0.1) is 0 Å². The summed E-state index contributed by atoms with van der Waals surface area (Å²) in [7, 11) is 0. The van der Waals surface area contributed by atoms with Crippen LogP contribution < -0.4 is 0 Å². The monoisotopic (exact) mass is 633 g/mol. The standard InChI is InChI=1S/C40H72O5/c1-3-5-7-9-11-13-15-17-18-19-20-21-23-25-27-29-31-33-35-40(43)45-38(36-41)37-44-39(42)34-32-30-28-26-24-22-16-14-12-10-8-6-4-2/h6,8,10,12,14,16,38,41H,3-5,7,9,11,13,15,17-37H2,1-2H3/b8-6+,12-10+,16-14+. The number of carbonyl (C=O) groups is 2. The van der Waals surface area contributed by atoms with Crippen molar-refractivity contribution in [1.29, 1.82) is 0 Å². The van der Waals surface area contributed by atoms with Gasteiger partial charge in [0.25, 0.3) is 0 Å². The van der Waals surface area contributed by atoms with Crippen molar-refractivity contribution in [1.82, 2.24) is 0 Å². The number of allylic oxidation sites excluding steroid dienone is 6. The molecule has 0 aromatic rings. The van der Waals surface area contributed by atoms with Gasteiger partial charge in [0.1, 0.15) is 6.61 Å². The molecule has 0 aliphatic heterocycles. The van der Waals surface area contributed by atoms with Crippen LogP contribution in [0, 0.1) is 0 Å². The van der Waals surface area contributed by atoms with Crippen molar-refractivity contribution in [3.63, 3.8) is 0 Å². The Hall–Kier alpha value is -1.88. The van der Waals surface area contributed by atoms with Gasteiger partial charge in [0.05, 0.1) is 6.61 Å². The molecule has 0 fully saturated rings. The number of esters is 2. The first-order valence-corrected chi connectivity index (χ1v) is 19.1. The highest BCUT2D eigenvalue weighted by Gasteiger charge is 2.16. The molecule has 0 aliphatic carbocycles. The highest BCUT2D eigenvalue weighted by molar-refractivity contribution is 5.70. The maximum absolute atomic E-state index is 12.2. The zero-order valence-corrected chi connectivity index (χ0v) is 29.6. The number of aliphatic hydroxyl groups is 1. The SMILES string of the molecule is CC/C=C/C=C/C=C/CCCCCCCC(=O)OCC(CO)OC(=O)CCCCCCCCCCCCCCCCCCCC. The van der Waals surface area contributed by atoms with E-state index in [2.05, 4.69) is 50.3 Å². The number of rotatable bonds is 34. The number of aliphatic hydroxyl groups excluding tert-OH is 1. The molecule has 0 saturated carbocycles. The minimum absolute atomic E-state index is 0.0742. The van der Waals surface area contributed by atoms with E-state index in [1.54, 1.807) is 0 Å². The molecule has 0 rings (SSSR count). The number of carbonyl (C=O) groups excluding carboxylic acids is 2. The van der Waals surface area contributed by atoms with Crippen LogP contribution >= 0.6 is 0 Å². The molecule has 0 heterocycles. The van der Waals surface area contributed by atoms with Crippen LogP contribution in [0.15, 0.2) is 36.5 Å². The fourth-order valence-corrected chi connectivity index (χ4v) is 5.38. The van der Waals surface area contributed by atoms with Crippen LogP contribution in [0.2, 0.25) is 0 Å². The number of hydrogen-bond donors (Lipinski definition) is 1. The van der Waals surface area contributed by atoms with E-state index in [1.807, 2.05) is 0 Å². The van der Waals surface area contributed by atoms with Gasteiger partial charge in [0.15, 0.2) is 6.10 Å². The molecule has 0 bridgehead atoms. The van der Waals surface area contributed by atoms with Crippen LogP contribution in [0.3, 0.4) is 0 Å². The van der Waals surface area contributed by atoms with Gasteiger partial charge in [-0.3, -0.25) is 9.59 Å². The van der Waals surface area contributed by atoms with Crippen LogP contribution in [0.4, 0.5) is 0 Å². The van der Waals surface area contributed by atoms with Crippen molar-refractivity contribution in [2.24, 2.45) is 0 Å². The lowest BCUT2D eigenvalue weighted by Gasteiger charge is -2.15. The number of hydrogen-bond acceptors (Lipinski definition) is 5. The molecular formula is C40H72O5. The summed E-state index contributed by atoms with van der Waals surface area (Å²) in [6, 6.07) is 0. The lowest BCUT2D eigenvalue weighted by atomic mass is 10.0. The Bertz CT molecular complexity index is 726. The molecule has 0 aromatic heterocycles. The number of ether oxygens (including phenoxy) is 2. The van der Waals surface area contributed by atoms with E-state index in [1.165, 1.54) is 96.3 Å². The summed E-state index contributed by atoms with van der Waals surface area (Å²) in [6.45, 7) is 3.99. The van der Waals surface area contributed by atoms with Crippen molar-refractivity contribution in [2.75, 3.05) is 13.2 Å². The molecule has 0 aliphatic rings. The lowest BCUT2D eigenvalue weighted by molar-refractivity contribution is -0.161. The molecule has 1 atom stereocenters.